The molecule has 1 aliphatic heterocycles. The molecule has 0 unspecified atom stereocenters. The molecule has 4 rings (SSSR count). The maximum absolute atomic E-state index is 10.7. The predicted molar refractivity (Wildman–Crippen MR) is 172 cm³/mol. The molecule has 1 saturated heterocycles. The van der Waals surface area contributed by atoms with Crippen LogP contribution in [0.5, 0.6) is 0 Å². The van der Waals surface area contributed by atoms with E-state index in [0.29, 0.717) is 31.7 Å². The number of hydrogen-bond donors (Lipinski definition) is 9. The van der Waals surface area contributed by atoms with E-state index in [2.05, 4.69) is 23.3 Å². The molecule has 1 aromatic carbocycles. The van der Waals surface area contributed by atoms with Crippen LogP contribution in [0.2, 0.25) is 0 Å². The minimum Gasteiger partial charge on any atom is -0.481 e. The van der Waals surface area contributed by atoms with Crippen molar-refractivity contribution in [2.75, 3.05) is 25.4 Å². The van der Waals surface area contributed by atoms with E-state index in [-0.39, 0.29) is 30.5 Å². The Labute approximate surface area is 265 Å². The van der Waals surface area contributed by atoms with Gasteiger partial charge in [0.1, 0.15) is 11.6 Å². The van der Waals surface area contributed by atoms with Crippen LogP contribution < -0.4 is 22.1 Å². The molecular weight excluding hydrogens is 588 g/mol. The first-order valence-corrected chi connectivity index (χ1v) is 16.0. The number of thiol groups is 1. The molecule has 1 aromatic rings. The van der Waals surface area contributed by atoms with E-state index >= 15 is 0 Å². The molecule has 12 nitrogen and oxygen atoms in total. The molecule has 3 fully saturated rings. The summed E-state index contributed by atoms with van der Waals surface area (Å²) in [5.74, 6) is -2.45. The van der Waals surface area contributed by atoms with E-state index in [4.69, 9.17) is 31.9 Å². The Balaban J connectivity index is 0.000000300. The molecule has 0 radical (unpaired) electrons. The van der Waals surface area contributed by atoms with Crippen LogP contribution in [-0.4, -0.2) is 81.3 Å². The van der Waals surface area contributed by atoms with Gasteiger partial charge in [-0.15, -0.1) is 0 Å². The number of benzene rings is 1. The summed E-state index contributed by atoms with van der Waals surface area (Å²) in [6.45, 7) is 1.20. The Kier molecular flexibility index (Phi) is 18.9. The van der Waals surface area contributed by atoms with Crippen molar-refractivity contribution in [3.63, 3.8) is 0 Å². The zero-order valence-electron chi connectivity index (χ0n) is 25.6. The van der Waals surface area contributed by atoms with Crippen LogP contribution >= 0.6 is 12.6 Å². The lowest BCUT2D eigenvalue weighted by Crippen LogP contribution is -2.49. The van der Waals surface area contributed by atoms with Crippen molar-refractivity contribution < 1.29 is 39.6 Å². The molecule has 0 aromatic heterocycles. The van der Waals surface area contributed by atoms with Gasteiger partial charge in [0.25, 0.3) is 0 Å². The lowest BCUT2D eigenvalue weighted by Gasteiger charge is -2.34. The van der Waals surface area contributed by atoms with Crippen LogP contribution in [0.15, 0.2) is 30.3 Å². The number of rotatable bonds is 10. The summed E-state index contributed by atoms with van der Waals surface area (Å²) in [7, 11) is 0. The molecule has 0 spiro atoms. The van der Waals surface area contributed by atoms with Crippen LogP contribution in [-0.2, 0) is 19.2 Å². The fourth-order valence-electron chi connectivity index (χ4n) is 5.63. The maximum atomic E-state index is 10.7. The standard InChI is InChI=1S/C11H13NO2.C9H17NO2.C7H13NO2.C4H9NO2S/c13-11(14)10-7-6-9(12-10)8-4-2-1-3-5-8;10-7-9(6-8(11)12)4-2-1-3-5-9;8-7(6(9)10)4-2-1-3-5-7;6-4(7)3-5-1-2-8/h1-5,9-10,12H,6-7H2,(H,13,14);1-7,10H2,(H,11,12);1-5,8H2,(H,9,10);5,8H,1-3H2,(H,6,7)/t9-,10+;;;/m1.../s1. The fraction of sp³-hybridized carbons (Fsp3) is 0.677. The van der Waals surface area contributed by atoms with E-state index in [9.17, 15) is 19.2 Å². The number of carbonyl (C=O) groups is 4. The molecule has 2 aliphatic carbocycles. The first kappa shape index (κ1) is 39.3. The van der Waals surface area contributed by atoms with Crippen molar-refractivity contribution in [3.05, 3.63) is 35.9 Å². The minimum absolute atomic E-state index is 0.0283. The number of nitrogens with two attached hydrogens (primary N) is 2. The largest absolute Gasteiger partial charge is 0.481 e. The first-order chi connectivity index (χ1) is 20.9. The summed E-state index contributed by atoms with van der Waals surface area (Å²) in [5, 5.41) is 40.0. The van der Waals surface area contributed by atoms with Crippen LogP contribution in [0.3, 0.4) is 0 Å². The second-order valence-corrected chi connectivity index (χ2v) is 12.2. The zero-order valence-corrected chi connectivity index (χ0v) is 26.5. The van der Waals surface area contributed by atoms with Gasteiger partial charge in [0.15, 0.2) is 0 Å². The summed E-state index contributed by atoms with van der Waals surface area (Å²) in [6.07, 6.45) is 11.7. The van der Waals surface area contributed by atoms with Gasteiger partial charge in [0.2, 0.25) is 0 Å². The lowest BCUT2D eigenvalue weighted by atomic mass is 9.72. The maximum Gasteiger partial charge on any atom is 0.323 e. The summed E-state index contributed by atoms with van der Waals surface area (Å²) in [6, 6.07) is 9.81. The molecule has 2 atom stereocenters. The topological polar surface area (TPSA) is 225 Å². The van der Waals surface area contributed by atoms with Gasteiger partial charge in [-0.1, -0.05) is 68.9 Å². The highest BCUT2D eigenvalue weighted by atomic mass is 32.1. The van der Waals surface area contributed by atoms with Gasteiger partial charge >= 0.3 is 23.9 Å². The number of carboxylic acid groups (broad SMARTS) is 4. The van der Waals surface area contributed by atoms with Crippen molar-refractivity contribution in [3.8, 4) is 0 Å². The minimum atomic E-state index is -0.905. The molecule has 10 N–H and O–H groups in total. The van der Waals surface area contributed by atoms with Gasteiger partial charge in [0, 0.05) is 18.3 Å². The van der Waals surface area contributed by atoms with E-state index in [0.717, 1.165) is 57.8 Å². The van der Waals surface area contributed by atoms with Gasteiger partial charge in [-0.3, -0.25) is 24.5 Å². The molecule has 44 heavy (non-hydrogen) atoms. The average molecular weight is 641 g/mol. The fourth-order valence-corrected chi connectivity index (χ4v) is 5.79. The van der Waals surface area contributed by atoms with E-state index in [1.165, 1.54) is 12.0 Å². The first-order valence-electron chi connectivity index (χ1n) is 15.4. The molecule has 3 aliphatic rings. The molecule has 1 heterocycles. The summed E-state index contributed by atoms with van der Waals surface area (Å²) in [5.41, 5.74) is 11.4. The second kappa shape index (κ2) is 21.1. The highest BCUT2D eigenvalue weighted by molar-refractivity contribution is 7.80. The number of nitrogens with one attached hydrogen (secondary N) is 2. The highest BCUT2D eigenvalue weighted by Crippen LogP contribution is 2.38. The third kappa shape index (κ3) is 15.3. The Morgan fingerprint density at radius 1 is 0.864 bits per heavy atom. The normalized spacial score (nSPS) is 21.5. The summed E-state index contributed by atoms with van der Waals surface area (Å²) >= 11 is 3.87. The SMILES string of the molecule is NC1(C(=O)O)CCCCC1.NCC1(CC(=O)O)CCCCC1.O=C(O)CNCCS.O=C(O)[C@@H]1CC[C@H](c2ccccc2)N1. The van der Waals surface area contributed by atoms with Crippen molar-refractivity contribution in [2.45, 2.75) is 101 Å². The van der Waals surface area contributed by atoms with Gasteiger partial charge in [0.05, 0.1) is 13.0 Å². The smallest absolute Gasteiger partial charge is 0.323 e. The summed E-state index contributed by atoms with van der Waals surface area (Å²) in [4.78, 5) is 41.6. The number of aliphatic carboxylic acids is 4. The lowest BCUT2D eigenvalue weighted by molar-refractivity contribution is -0.144. The molecule has 0 bridgehead atoms. The Morgan fingerprint density at radius 3 is 1.84 bits per heavy atom. The molecule has 13 heteroatoms. The van der Waals surface area contributed by atoms with Crippen LogP contribution in [0, 0.1) is 5.41 Å². The average Bonchev–Trinajstić information content (AvgIpc) is 3.50. The van der Waals surface area contributed by atoms with Gasteiger partial charge in [-0.2, -0.15) is 12.6 Å². The third-order valence-corrected chi connectivity index (χ3v) is 8.48. The van der Waals surface area contributed by atoms with Gasteiger partial charge in [-0.05, 0) is 56.0 Å². The zero-order chi connectivity index (χ0) is 33.0. The Bertz CT molecular complexity index is 1000. The quantitative estimate of drug-likeness (QED) is 0.133. The molecule has 2 saturated carbocycles. The monoisotopic (exact) mass is 640 g/mol. The van der Waals surface area contributed by atoms with Crippen molar-refractivity contribution in [1.29, 1.82) is 0 Å². The summed E-state index contributed by atoms with van der Waals surface area (Å²) < 4.78 is 0. The van der Waals surface area contributed by atoms with Crippen molar-refractivity contribution in [2.24, 2.45) is 16.9 Å². The molecular formula is C31H52N4O8S. The van der Waals surface area contributed by atoms with Crippen molar-refractivity contribution >= 4 is 36.5 Å². The van der Waals surface area contributed by atoms with E-state index < -0.39 is 29.4 Å². The van der Waals surface area contributed by atoms with Crippen LogP contribution in [0.1, 0.15) is 95.1 Å². The van der Waals surface area contributed by atoms with Crippen LogP contribution in [0.25, 0.3) is 0 Å². The van der Waals surface area contributed by atoms with Crippen LogP contribution in [0.4, 0.5) is 0 Å². The van der Waals surface area contributed by atoms with Gasteiger partial charge in [-0.25, -0.2) is 0 Å². The Hall–Kier alpha value is -2.71. The second-order valence-electron chi connectivity index (χ2n) is 11.7. The van der Waals surface area contributed by atoms with E-state index in [1.807, 2.05) is 30.3 Å². The van der Waals surface area contributed by atoms with E-state index in [1.54, 1.807) is 0 Å². The third-order valence-electron chi connectivity index (χ3n) is 8.26. The number of hydrogen-bond acceptors (Lipinski definition) is 9. The number of carboxylic acids is 4. The molecule has 0 amide bonds. The van der Waals surface area contributed by atoms with Crippen molar-refractivity contribution in [1.82, 2.24) is 10.6 Å². The Morgan fingerprint density at radius 2 is 1.43 bits per heavy atom. The van der Waals surface area contributed by atoms with Gasteiger partial charge < -0.3 is 37.2 Å². The predicted octanol–water partition coefficient (Wildman–Crippen LogP) is 3.26. The molecule has 250 valence electrons. The highest BCUT2D eigenvalue weighted by Gasteiger charge is 2.35.